The van der Waals surface area contributed by atoms with Gasteiger partial charge in [-0.1, -0.05) is 26.0 Å². The lowest BCUT2D eigenvalue weighted by molar-refractivity contribution is -0.116. The molecule has 1 N–H and O–H groups in total. The van der Waals surface area contributed by atoms with E-state index in [-0.39, 0.29) is 30.1 Å². The quantitative estimate of drug-likeness (QED) is 0.888. The van der Waals surface area contributed by atoms with Crippen molar-refractivity contribution in [1.82, 2.24) is 10.3 Å². The Labute approximate surface area is 151 Å². The molecule has 1 aromatic heterocycles. The van der Waals surface area contributed by atoms with Crippen LogP contribution in [0.25, 0.3) is 0 Å². The fourth-order valence-electron chi connectivity index (χ4n) is 2.40. The van der Waals surface area contributed by atoms with Crippen molar-refractivity contribution in [3.05, 3.63) is 42.1 Å². The van der Waals surface area contributed by atoms with Crippen LogP contribution in [-0.2, 0) is 11.3 Å². The predicted octanol–water partition coefficient (Wildman–Crippen LogP) is 3.09. The van der Waals surface area contributed by atoms with E-state index in [9.17, 15) is 9.59 Å². The van der Waals surface area contributed by atoms with Gasteiger partial charge in [0.05, 0.1) is 11.4 Å². The number of aromatic nitrogens is 1. The third kappa shape index (κ3) is 3.87. The van der Waals surface area contributed by atoms with Crippen molar-refractivity contribution in [2.24, 2.45) is 5.92 Å². The highest BCUT2D eigenvalue weighted by Crippen LogP contribution is 2.35. The number of rotatable bonds is 5. The number of hydrogen-bond acceptors (Lipinski definition) is 5. The van der Waals surface area contributed by atoms with Crippen LogP contribution in [0.4, 0.5) is 5.69 Å². The maximum Gasteiger partial charge on any atom is 0.273 e. The summed E-state index contributed by atoms with van der Waals surface area (Å²) < 4.78 is 5.42. The molecule has 0 bridgehead atoms. The van der Waals surface area contributed by atoms with E-state index in [0.717, 1.165) is 10.6 Å². The van der Waals surface area contributed by atoms with Gasteiger partial charge in [-0.3, -0.25) is 9.59 Å². The second-order valence-corrected chi connectivity index (χ2v) is 7.39. The standard InChI is InChI=1S/C18H21N3O3S/c1-11(2)12(3)19-18(23)13-9-24-16(20-13)8-21-14-6-4-5-7-15(14)25-10-17(21)22/h4-7,9,11-12H,8,10H2,1-3H3,(H,19,23)/t12-/m0/s1. The number of carbonyl (C=O) groups is 2. The molecule has 3 rings (SSSR count). The van der Waals surface area contributed by atoms with Crippen LogP contribution in [0.1, 0.15) is 37.2 Å². The van der Waals surface area contributed by atoms with Crippen LogP contribution in [0.15, 0.2) is 39.8 Å². The van der Waals surface area contributed by atoms with Crippen LogP contribution in [-0.4, -0.2) is 28.6 Å². The summed E-state index contributed by atoms with van der Waals surface area (Å²) in [5.41, 5.74) is 1.08. The Balaban J connectivity index is 1.73. The zero-order valence-corrected chi connectivity index (χ0v) is 15.3. The van der Waals surface area contributed by atoms with Gasteiger partial charge >= 0.3 is 0 Å². The number of hydrogen-bond donors (Lipinski definition) is 1. The summed E-state index contributed by atoms with van der Waals surface area (Å²) in [7, 11) is 0. The summed E-state index contributed by atoms with van der Waals surface area (Å²) in [6.07, 6.45) is 1.34. The number of fused-ring (bicyclic) bond motifs is 1. The Bertz CT molecular complexity index is 787. The average molecular weight is 359 g/mol. The first-order chi connectivity index (χ1) is 12.0. The molecule has 2 amide bonds. The Morgan fingerprint density at radius 3 is 2.88 bits per heavy atom. The number of amides is 2. The van der Waals surface area contributed by atoms with Crippen LogP contribution in [0.5, 0.6) is 0 Å². The van der Waals surface area contributed by atoms with Crippen LogP contribution in [0, 0.1) is 5.92 Å². The molecule has 7 heteroatoms. The van der Waals surface area contributed by atoms with E-state index in [1.54, 1.807) is 4.90 Å². The largest absolute Gasteiger partial charge is 0.446 e. The molecule has 1 aliphatic rings. The zero-order valence-electron chi connectivity index (χ0n) is 14.5. The maximum atomic E-state index is 12.3. The summed E-state index contributed by atoms with van der Waals surface area (Å²) in [5, 5.41) is 2.89. The number of anilines is 1. The predicted molar refractivity (Wildman–Crippen MR) is 96.6 cm³/mol. The van der Waals surface area contributed by atoms with Gasteiger partial charge in [-0.15, -0.1) is 11.8 Å². The van der Waals surface area contributed by atoms with Crippen molar-refractivity contribution >= 4 is 29.3 Å². The van der Waals surface area contributed by atoms with Crippen molar-refractivity contribution < 1.29 is 14.0 Å². The van der Waals surface area contributed by atoms with Crippen LogP contribution < -0.4 is 10.2 Å². The van der Waals surface area contributed by atoms with Gasteiger partial charge in [0.2, 0.25) is 11.8 Å². The minimum Gasteiger partial charge on any atom is -0.446 e. The number of nitrogens with one attached hydrogen (secondary N) is 1. The Morgan fingerprint density at radius 1 is 1.36 bits per heavy atom. The molecule has 132 valence electrons. The Hall–Kier alpha value is -2.28. The Morgan fingerprint density at radius 2 is 2.12 bits per heavy atom. The summed E-state index contributed by atoms with van der Waals surface area (Å²) in [6, 6.07) is 7.78. The van der Waals surface area contributed by atoms with Gasteiger partial charge in [0.25, 0.3) is 5.91 Å². The highest BCUT2D eigenvalue weighted by molar-refractivity contribution is 8.00. The molecule has 0 fully saturated rings. The van der Waals surface area contributed by atoms with Gasteiger partial charge in [-0.05, 0) is 25.0 Å². The molecule has 25 heavy (non-hydrogen) atoms. The molecule has 6 nitrogen and oxygen atoms in total. The highest BCUT2D eigenvalue weighted by atomic mass is 32.2. The first-order valence-corrected chi connectivity index (χ1v) is 9.21. The van der Waals surface area contributed by atoms with Gasteiger partial charge in [-0.25, -0.2) is 4.98 Å². The van der Waals surface area contributed by atoms with Crippen LogP contribution in [0.3, 0.4) is 0 Å². The first kappa shape index (κ1) is 17.5. The van der Waals surface area contributed by atoms with E-state index in [2.05, 4.69) is 10.3 Å². The number of thioether (sulfide) groups is 1. The van der Waals surface area contributed by atoms with E-state index in [0.29, 0.717) is 17.6 Å². The van der Waals surface area contributed by atoms with E-state index in [4.69, 9.17) is 4.42 Å². The van der Waals surface area contributed by atoms with Crippen LogP contribution >= 0.6 is 11.8 Å². The van der Waals surface area contributed by atoms with Crippen molar-refractivity contribution in [2.75, 3.05) is 10.7 Å². The summed E-state index contributed by atoms with van der Waals surface area (Å²) in [5.74, 6) is 0.794. The van der Waals surface area contributed by atoms with Crippen molar-refractivity contribution in [3.8, 4) is 0 Å². The number of carbonyl (C=O) groups excluding carboxylic acids is 2. The summed E-state index contributed by atoms with van der Waals surface area (Å²) >= 11 is 1.52. The average Bonchev–Trinajstić information content (AvgIpc) is 3.06. The van der Waals surface area contributed by atoms with Crippen molar-refractivity contribution in [1.29, 1.82) is 0 Å². The van der Waals surface area contributed by atoms with E-state index in [1.165, 1.54) is 18.0 Å². The third-order valence-electron chi connectivity index (χ3n) is 4.24. The molecule has 0 spiro atoms. The minimum atomic E-state index is -0.267. The first-order valence-electron chi connectivity index (χ1n) is 8.23. The summed E-state index contributed by atoms with van der Waals surface area (Å²) in [6.45, 7) is 6.24. The summed E-state index contributed by atoms with van der Waals surface area (Å²) in [4.78, 5) is 31.4. The van der Waals surface area contributed by atoms with E-state index < -0.39 is 0 Å². The second kappa shape index (κ2) is 7.31. The highest BCUT2D eigenvalue weighted by Gasteiger charge is 2.26. The fraction of sp³-hybridized carbons (Fsp3) is 0.389. The van der Waals surface area contributed by atoms with Crippen molar-refractivity contribution in [2.45, 2.75) is 38.3 Å². The number of nitrogens with zero attached hydrogens (tertiary/aromatic N) is 2. The Kier molecular flexibility index (Phi) is 5.13. The molecule has 0 aliphatic carbocycles. The lowest BCUT2D eigenvalue weighted by atomic mass is 10.1. The monoisotopic (exact) mass is 359 g/mol. The molecule has 0 saturated carbocycles. The SMILES string of the molecule is CC(C)[C@H](C)NC(=O)c1coc(CN2C(=O)CSc3ccccc32)n1. The van der Waals surface area contributed by atoms with Gasteiger partial charge in [-0.2, -0.15) is 0 Å². The topological polar surface area (TPSA) is 75.4 Å². The number of benzene rings is 1. The molecule has 1 atom stereocenters. The maximum absolute atomic E-state index is 12.3. The van der Waals surface area contributed by atoms with Gasteiger partial charge in [0.15, 0.2) is 5.69 Å². The van der Waals surface area contributed by atoms with Crippen molar-refractivity contribution in [3.63, 3.8) is 0 Å². The molecular weight excluding hydrogens is 338 g/mol. The number of para-hydroxylation sites is 1. The van der Waals surface area contributed by atoms with E-state index in [1.807, 2.05) is 45.0 Å². The fourth-order valence-corrected chi connectivity index (χ4v) is 3.33. The van der Waals surface area contributed by atoms with E-state index >= 15 is 0 Å². The molecule has 2 aromatic rings. The van der Waals surface area contributed by atoms with Gasteiger partial charge in [0, 0.05) is 10.9 Å². The molecule has 1 aliphatic heterocycles. The number of oxazole rings is 1. The normalized spacial score (nSPS) is 15.2. The zero-order chi connectivity index (χ0) is 18.0. The molecule has 0 radical (unpaired) electrons. The molecule has 2 heterocycles. The third-order valence-corrected chi connectivity index (χ3v) is 5.29. The smallest absolute Gasteiger partial charge is 0.273 e. The molecular formula is C18H21N3O3S. The molecule has 1 aromatic carbocycles. The second-order valence-electron chi connectivity index (χ2n) is 6.37. The van der Waals surface area contributed by atoms with Gasteiger partial charge in [0.1, 0.15) is 12.8 Å². The lowest BCUT2D eigenvalue weighted by Crippen LogP contribution is -2.36. The lowest BCUT2D eigenvalue weighted by Gasteiger charge is -2.27. The van der Waals surface area contributed by atoms with Crippen LogP contribution in [0.2, 0.25) is 0 Å². The molecule has 0 saturated heterocycles. The molecule has 0 unspecified atom stereocenters. The van der Waals surface area contributed by atoms with Gasteiger partial charge < -0.3 is 14.6 Å². The minimum absolute atomic E-state index is 0.00123.